The molecule has 5 heteroatoms. The van der Waals surface area contributed by atoms with Crippen LogP contribution in [0.1, 0.15) is 43.2 Å². The summed E-state index contributed by atoms with van der Waals surface area (Å²) in [6.07, 6.45) is 4.40. The lowest BCUT2D eigenvalue weighted by molar-refractivity contribution is -0.133. The van der Waals surface area contributed by atoms with Crippen LogP contribution in [0.2, 0.25) is 0 Å². The van der Waals surface area contributed by atoms with Gasteiger partial charge in [-0.05, 0) is 44.4 Å². The molecule has 2 amide bonds. The zero-order valence-electron chi connectivity index (χ0n) is 14.5. The van der Waals surface area contributed by atoms with E-state index in [0.717, 1.165) is 42.5 Å². The Labute approximate surface area is 139 Å². The molecule has 0 radical (unpaired) electrons. The first-order chi connectivity index (χ1) is 11.0. The zero-order valence-corrected chi connectivity index (χ0v) is 14.5. The SMILES string of the molecule is Cc1cccc(C)c1NC(=O)CN(C)C(=O)CCCCCCN. The number of rotatable bonds is 9. The third-order valence-corrected chi connectivity index (χ3v) is 3.90. The number of carbonyl (C=O) groups excluding carboxylic acids is 2. The van der Waals surface area contributed by atoms with Gasteiger partial charge in [-0.15, -0.1) is 0 Å². The molecule has 0 aliphatic carbocycles. The molecule has 5 nitrogen and oxygen atoms in total. The Morgan fingerprint density at radius 1 is 1.09 bits per heavy atom. The monoisotopic (exact) mass is 319 g/mol. The van der Waals surface area contributed by atoms with Crippen molar-refractivity contribution in [3.05, 3.63) is 29.3 Å². The maximum absolute atomic E-state index is 12.1. The molecule has 0 unspecified atom stereocenters. The Kier molecular flexibility index (Phi) is 8.33. The normalized spacial score (nSPS) is 10.4. The highest BCUT2D eigenvalue weighted by atomic mass is 16.2. The summed E-state index contributed by atoms with van der Waals surface area (Å²) < 4.78 is 0. The smallest absolute Gasteiger partial charge is 0.243 e. The second kappa shape index (κ2) is 10.0. The van der Waals surface area contributed by atoms with Gasteiger partial charge in [-0.3, -0.25) is 9.59 Å². The molecule has 0 saturated carbocycles. The van der Waals surface area contributed by atoms with Crippen LogP contribution in [0.25, 0.3) is 0 Å². The first kappa shape index (κ1) is 19.2. The van der Waals surface area contributed by atoms with E-state index >= 15 is 0 Å². The predicted molar refractivity (Wildman–Crippen MR) is 94.3 cm³/mol. The Morgan fingerprint density at radius 3 is 2.30 bits per heavy atom. The summed E-state index contributed by atoms with van der Waals surface area (Å²) in [5.74, 6) is -0.157. The average Bonchev–Trinajstić information content (AvgIpc) is 2.50. The molecule has 0 aromatic heterocycles. The molecule has 1 rings (SSSR count). The van der Waals surface area contributed by atoms with E-state index in [0.29, 0.717) is 13.0 Å². The molecule has 1 aromatic carbocycles. The van der Waals surface area contributed by atoms with Gasteiger partial charge in [-0.2, -0.15) is 0 Å². The summed E-state index contributed by atoms with van der Waals surface area (Å²) in [5, 5.41) is 2.90. The number of nitrogens with zero attached hydrogens (tertiary/aromatic N) is 1. The van der Waals surface area contributed by atoms with Gasteiger partial charge in [0, 0.05) is 19.2 Å². The van der Waals surface area contributed by atoms with Crippen LogP contribution in [0, 0.1) is 13.8 Å². The maximum Gasteiger partial charge on any atom is 0.243 e. The van der Waals surface area contributed by atoms with Crippen molar-refractivity contribution < 1.29 is 9.59 Å². The van der Waals surface area contributed by atoms with Crippen molar-refractivity contribution >= 4 is 17.5 Å². The van der Waals surface area contributed by atoms with Crippen LogP contribution in [0.3, 0.4) is 0 Å². The number of unbranched alkanes of at least 4 members (excludes halogenated alkanes) is 3. The van der Waals surface area contributed by atoms with Gasteiger partial charge in [0.2, 0.25) is 11.8 Å². The third-order valence-electron chi connectivity index (χ3n) is 3.90. The van der Waals surface area contributed by atoms with Gasteiger partial charge in [0.25, 0.3) is 0 Å². The second-order valence-electron chi connectivity index (χ2n) is 6.02. The number of anilines is 1. The zero-order chi connectivity index (χ0) is 17.2. The van der Waals surface area contributed by atoms with E-state index in [4.69, 9.17) is 5.73 Å². The Morgan fingerprint density at radius 2 is 1.70 bits per heavy atom. The number of hydrogen-bond acceptors (Lipinski definition) is 3. The van der Waals surface area contributed by atoms with Crippen LogP contribution in [0.4, 0.5) is 5.69 Å². The van der Waals surface area contributed by atoms with Crippen LogP contribution >= 0.6 is 0 Å². The van der Waals surface area contributed by atoms with Crippen LogP contribution in [0.15, 0.2) is 18.2 Å². The molecule has 0 saturated heterocycles. The molecule has 0 aliphatic heterocycles. The summed E-state index contributed by atoms with van der Waals surface area (Å²) >= 11 is 0. The van der Waals surface area contributed by atoms with Crippen molar-refractivity contribution in [2.24, 2.45) is 5.73 Å². The molecule has 3 N–H and O–H groups in total. The van der Waals surface area contributed by atoms with E-state index in [-0.39, 0.29) is 18.4 Å². The van der Waals surface area contributed by atoms with E-state index in [1.807, 2.05) is 32.0 Å². The van der Waals surface area contributed by atoms with Crippen LogP contribution in [0.5, 0.6) is 0 Å². The molecule has 0 aliphatic rings. The van der Waals surface area contributed by atoms with Crippen LogP contribution in [-0.2, 0) is 9.59 Å². The summed E-state index contributed by atoms with van der Waals surface area (Å²) in [6, 6.07) is 5.87. The lowest BCUT2D eigenvalue weighted by Gasteiger charge is -2.18. The van der Waals surface area contributed by atoms with Crippen molar-refractivity contribution in [3.63, 3.8) is 0 Å². The Hall–Kier alpha value is -1.88. The summed E-state index contributed by atoms with van der Waals surface area (Å²) in [5.41, 5.74) is 8.31. The highest BCUT2D eigenvalue weighted by molar-refractivity contribution is 5.95. The number of likely N-dealkylation sites (N-methyl/N-ethyl adjacent to an activating group) is 1. The molecule has 1 aromatic rings. The van der Waals surface area contributed by atoms with E-state index in [2.05, 4.69) is 5.32 Å². The average molecular weight is 319 g/mol. The molecule has 0 atom stereocenters. The Balaban J connectivity index is 2.39. The minimum atomic E-state index is -0.165. The number of para-hydroxylation sites is 1. The van der Waals surface area contributed by atoms with Crippen molar-refractivity contribution in [2.75, 3.05) is 25.5 Å². The van der Waals surface area contributed by atoms with Crippen molar-refractivity contribution in [2.45, 2.75) is 46.0 Å². The van der Waals surface area contributed by atoms with Gasteiger partial charge in [-0.25, -0.2) is 0 Å². The van der Waals surface area contributed by atoms with Gasteiger partial charge in [0.15, 0.2) is 0 Å². The number of carbonyl (C=O) groups is 2. The van der Waals surface area contributed by atoms with Crippen LogP contribution < -0.4 is 11.1 Å². The van der Waals surface area contributed by atoms with E-state index in [9.17, 15) is 9.59 Å². The summed E-state index contributed by atoms with van der Waals surface area (Å²) in [6.45, 7) is 4.69. The van der Waals surface area contributed by atoms with Crippen LogP contribution in [-0.4, -0.2) is 36.9 Å². The highest BCUT2D eigenvalue weighted by Crippen LogP contribution is 2.19. The molecule has 0 bridgehead atoms. The number of nitrogens with one attached hydrogen (secondary N) is 1. The molecule has 23 heavy (non-hydrogen) atoms. The fourth-order valence-electron chi connectivity index (χ4n) is 2.46. The van der Waals surface area contributed by atoms with Gasteiger partial charge in [0.05, 0.1) is 6.54 Å². The van der Waals surface area contributed by atoms with E-state index < -0.39 is 0 Å². The third kappa shape index (κ3) is 6.82. The molecule has 0 heterocycles. The van der Waals surface area contributed by atoms with Crippen molar-refractivity contribution in [3.8, 4) is 0 Å². The number of hydrogen-bond donors (Lipinski definition) is 2. The molecular formula is C18H29N3O2. The van der Waals surface area contributed by atoms with Gasteiger partial charge in [0.1, 0.15) is 0 Å². The number of amides is 2. The predicted octanol–water partition coefficient (Wildman–Crippen LogP) is 2.61. The molecule has 0 spiro atoms. The first-order valence-electron chi connectivity index (χ1n) is 8.25. The fraction of sp³-hybridized carbons (Fsp3) is 0.556. The lowest BCUT2D eigenvalue weighted by Crippen LogP contribution is -2.35. The van der Waals surface area contributed by atoms with Gasteiger partial charge in [-0.1, -0.05) is 31.0 Å². The minimum absolute atomic E-state index is 0.00871. The minimum Gasteiger partial charge on any atom is -0.336 e. The van der Waals surface area contributed by atoms with Crippen molar-refractivity contribution in [1.82, 2.24) is 4.90 Å². The lowest BCUT2D eigenvalue weighted by atomic mass is 10.1. The summed E-state index contributed by atoms with van der Waals surface area (Å²) in [7, 11) is 1.67. The molecule has 0 fully saturated rings. The topological polar surface area (TPSA) is 75.4 Å². The number of benzene rings is 1. The quantitative estimate of drug-likeness (QED) is 0.687. The molecule has 128 valence electrons. The first-order valence-corrected chi connectivity index (χ1v) is 8.25. The highest BCUT2D eigenvalue weighted by Gasteiger charge is 2.14. The number of nitrogens with two attached hydrogens (primary N) is 1. The van der Waals surface area contributed by atoms with Gasteiger partial charge >= 0.3 is 0 Å². The second-order valence-corrected chi connectivity index (χ2v) is 6.02. The fourth-order valence-corrected chi connectivity index (χ4v) is 2.46. The maximum atomic E-state index is 12.1. The van der Waals surface area contributed by atoms with Crippen molar-refractivity contribution in [1.29, 1.82) is 0 Å². The standard InChI is InChI=1S/C18H29N3O2/c1-14-9-8-10-15(2)18(14)20-16(22)13-21(3)17(23)11-6-4-5-7-12-19/h8-10H,4-7,11-13,19H2,1-3H3,(H,20,22). The Bertz CT molecular complexity index is 509. The molecular weight excluding hydrogens is 290 g/mol. The van der Waals surface area contributed by atoms with E-state index in [1.165, 1.54) is 4.90 Å². The summed E-state index contributed by atoms with van der Waals surface area (Å²) in [4.78, 5) is 25.6. The van der Waals surface area contributed by atoms with Gasteiger partial charge < -0.3 is 16.0 Å². The number of aryl methyl sites for hydroxylation is 2. The largest absolute Gasteiger partial charge is 0.336 e. The van der Waals surface area contributed by atoms with E-state index in [1.54, 1.807) is 7.05 Å².